The number of para-hydroxylation sites is 1. The maximum Gasteiger partial charge on any atom is 0.260 e. The monoisotopic (exact) mass is 248 g/mol. The predicted molar refractivity (Wildman–Crippen MR) is 70.3 cm³/mol. The summed E-state index contributed by atoms with van der Waals surface area (Å²) < 4.78 is 5.59. The largest absolute Gasteiger partial charge is 0.483 e. The van der Waals surface area contributed by atoms with Crippen molar-refractivity contribution in [3.63, 3.8) is 0 Å². The summed E-state index contributed by atoms with van der Waals surface area (Å²) in [5.41, 5.74) is 6.79. The van der Waals surface area contributed by atoms with E-state index in [1.165, 1.54) is 0 Å². The molecule has 1 aromatic carbocycles. The molecule has 4 nitrogen and oxygen atoms in total. The van der Waals surface area contributed by atoms with E-state index < -0.39 is 0 Å². The molecule has 1 aliphatic rings. The molecule has 0 aromatic heterocycles. The third-order valence-electron chi connectivity index (χ3n) is 3.25. The molecule has 0 saturated heterocycles. The van der Waals surface area contributed by atoms with Crippen LogP contribution in [0.2, 0.25) is 0 Å². The van der Waals surface area contributed by atoms with Crippen molar-refractivity contribution >= 4 is 5.91 Å². The molecule has 1 amide bonds. The van der Waals surface area contributed by atoms with Gasteiger partial charge in [-0.15, -0.1) is 0 Å². The van der Waals surface area contributed by atoms with E-state index in [-0.39, 0.29) is 18.6 Å². The second-order valence-corrected chi connectivity index (χ2v) is 4.85. The van der Waals surface area contributed by atoms with Crippen LogP contribution in [-0.4, -0.2) is 30.5 Å². The predicted octanol–water partition coefficient (Wildman–Crippen LogP) is 1.71. The van der Waals surface area contributed by atoms with Gasteiger partial charge in [0.15, 0.2) is 6.61 Å². The standard InChI is InChI=1S/C14H20N2O2/c1-10(15)12-5-3-4-6-13(12)18-9-14(17)16(2)11-7-8-11/h3-6,10-11H,7-9,15H2,1-2H3/t10-/m1/s1. The number of rotatable bonds is 5. The van der Waals surface area contributed by atoms with Gasteiger partial charge in [0.2, 0.25) is 0 Å². The molecule has 2 rings (SSSR count). The molecule has 0 bridgehead atoms. The molecule has 0 radical (unpaired) electrons. The van der Waals surface area contributed by atoms with Crippen LogP contribution in [0, 0.1) is 0 Å². The first-order valence-electron chi connectivity index (χ1n) is 6.32. The number of carbonyl (C=O) groups excluding carboxylic acids is 1. The van der Waals surface area contributed by atoms with Crippen molar-refractivity contribution in [3.8, 4) is 5.75 Å². The molecular formula is C14H20N2O2. The van der Waals surface area contributed by atoms with Crippen molar-refractivity contribution in [2.24, 2.45) is 5.73 Å². The van der Waals surface area contributed by atoms with Crippen molar-refractivity contribution in [2.45, 2.75) is 31.8 Å². The normalized spacial score (nSPS) is 16.2. The number of ether oxygens (including phenoxy) is 1. The number of hydrogen-bond donors (Lipinski definition) is 1. The minimum atomic E-state index is -0.0996. The topological polar surface area (TPSA) is 55.6 Å². The van der Waals surface area contributed by atoms with Crippen LogP contribution in [0.15, 0.2) is 24.3 Å². The number of likely N-dealkylation sites (N-methyl/N-ethyl adjacent to an activating group) is 1. The molecule has 18 heavy (non-hydrogen) atoms. The number of hydrogen-bond acceptors (Lipinski definition) is 3. The SMILES string of the molecule is C[C@@H](N)c1ccccc1OCC(=O)N(C)C1CC1. The van der Waals surface area contributed by atoms with E-state index in [2.05, 4.69) is 0 Å². The van der Waals surface area contributed by atoms with E-state index in [4.69, 9.17) is 10.5 Å². The smallest absolute Gasteiger partial charge is 0.260 e. The van der Waals surface area contributed by atoms with Gasteiger partial charge in [-0.25, -0.2) is 0 Å². The van der Waals surface area contributed by atoms with Gasteiger partial charge < -0.3 is 15.4 Å². The highest BCUT2D eigenvalue weighted by molar-refractivity contribution is 5.78. The Morgan fingerprint density at radius 2 is 2.17 bits per heavy atom. The number of carbonyl (C=O) groups is 1. The lowest BCUT2D eigenvalue weighted by Crippen LogP contribution is -2.33. The highest BCUT2D eigenvalue weighted by Crippen LogP contribution is 2.26. The minimum absolute atomic E-state index is 0.0250. The van der Waals surface area contributed by atoms with Gasteiger partial charge in [-0.05, 0) is 25.8 Å². The average Bonchev–Trinajstić information content (AvgIpc) is 3.19. The van der Waals surface area contributed by atoms with Crippen LogP contribution in [0.5, 0.6) is 5.75 Å². The summed E-state index contributed by atoms with van der Waals surface area (Å²) in [5, 5.41) is 0. The first-order chi connectivity index (χ1) is 8.59. The van der Waals surface area contributed by atoms with Crippen molar-refractivity contribution < 1.29 is 9.53 Å². The Morgan fingerprint density at radius 3 is 2.78 bits per heavy atom. The van der Waals surface area contributed by atoms with Gasteiger partial charge in [0, 0.05) is 24.7 Å². The first-order valence-corrected chi connectivity index (χ1v) is 6.32. The van der Waals surface area contributed by atoms with Crippen LogP contribution in [0.4, 0.5) is 0 Å². The lowest BCUT2D eigenvalue weighted by atomic mass is 10.1. The number of benzene rings is 1. The molecule has 1 atom stereocenters. The quantitative estimate of drug-likeness (QED) is 0.863. The molecule has 1 fully saturated rings. The van der Waals surface area contributed by atoms with Gasteiger partial charge in [0.05, 0.1) is 0 Å². The molecule has 1 aromatic rings. The zero-order valence-corrected chi connectivity index (χ0v) is 10.9. The molecule has 0 unspecified atom stereocenters. The fraction of sp³-hybridized carbons (Fsp3) is 0.500. The molecule has 1 aliphatic carbocycles. The van der Waals surface area contributed by atoms with Crippen molar-refractivity contribution in [1.29, 1.82) is 0 Å². The minimum Gasteiger partial charge on any atom is -0.483 e. The molecule has 0 heterocycles. The lowest BCUT2D eigenvalue weighted by molar-refractivity contribution is -0.132. The Balaban J connectivity index is 1.95. The van der Waals surface area contributed by atoms with Crippen molar-refractivity contribution in [3.05, 3.63) is 29.8 Å². The fourth-order valence-corrected chi connectivity index (χ4v) is 1.89. The first kappa shape index (κ1) is 12.9. The Hall–Kier alpha value is -1.55. The summed E-state index contributed by atoms with van der Waals surface area (Å²) in [4.78, 5) is 13.6. The Bertz CT molecular complexity index is 428. The molecule has 4 heteroatoms. The highest BCUT2D eigenvalue weighted by Gasteiger charge is 2.29. The van der Waals surface area contributed by atoms with Crippen LogP contribution in [0.25, 0.3) is 0 Å². The second kappa shape index (κ2) is 5.40. The number of amides is 1. The molecule has 98 valence electrons. The van der Waals surface area contributed by atoms with Gasteiger partial charge in [-0.3, -0.25) is 4.79 Å². The second-order valence-electron chi connectivity index (χ2n) is 4.85. The van der Waals surface area contributed by atoms with E-state index in [0.29, 0.717) is 11.8 Å². The number of nitrogens with zero attached hydrogens (tertiary/aromatic N) is 1. The van der Waals surface area contributed by atoms with E-state index >= 15 is 0 Å². The van der Waals surface area contributed by atoms with Crippen molar-refractivity contribution in [1.82, 2.24) is 4.90 Å². The van der Waals surface area contributed by atoms with E-state index in [1.807, 2.05) is 38.2 Å². The lowest BCUT2D eigenvalue weighted by Gasteiger charge is -2.18. The van der Waals surface area contributed by atoms with Crippen LogP contribution in [0.3, 0.4) is 0 Å². The Kier molecular flexibility index (Phi) is 3.87. The Labute approximate surface area is 108 Å². The summed E-state index contributed by atoms with van der Waals surface area (Å²) in [5.74, 6) is 0.724. The average molecular weight is 248 g/mol. The van der Waals surface area contributed by atoms with E-state index in [1.54, 1.807) is 4.90 Å². The molecule has 0 spiro atoms. The van der Waals surface area contributed by atoms with Gasteiger partial charge in [0.25, 0.3) is 5.91 Å². The zero-order valence-electron chi connectivity index (χ0n) is 10.9. The third-order valence-corrected chi connectivity index (χ3v) is 3.25. The highest BCUT2D eigenvalue weighted by atomic mass is 16.5. The fourth-order valence-electron chi connectivity index (χ4n) is 1.89. The van der Waals surface area contributed by atoms with Gasteiger partial charge in [-0.1, -0.05) is 18.2 Å². The van der Waals surface area contributed by atoms with Crippen molar-refractivity contribution in [2.75, 3.05) is 13.7 Å². The van der Waals surface area contributed by atoms with Crippen LogP contribution in [0.1, 0.15) is 31.4 Å². The van der Waals surface area contributed by atoms with Crippen LogP contribution in [-0.2, 0) is 4.79 Å². The molecule has 0 aliphatic heterocycles. The maximum atomic E-state index is 11.8. The summed E-state index contributed by atoms with van der Waals surface area (Å²) >= 11 is 0. The molecular weight excluding hydrogens is 228 g/mol. The van der Waals surface area contributed by atoms with E-state index in [9.17, 15) is 4.79 Å². The summed E-state index contributed by atoms with van der Waals surface area (Å²) in [6.07, 6.45) is 2.22. The molecule has 1 saturated carbocycles. The van der Waals surface area contributed by atoms with Gasteiger partial charge in [0.1, 0.15) is 5.75 Å². The van der Waals surface area contributed by atoms with Crippen LogP contribution >= 0.6 is 0 Å². The summed E-state index contributed by atoms with van der Waals surface area (Å²) in [6.45, 7) is 1.98. The van der Waals surface area contributed by atoms with Crippen LogP contribution < -0.4 is 10.5 Å². The zero-order chi connectivity index (χ0) is 13.1. The molecule has 2 N–H and O–H groups in total. The van der Waals surface area contributed by atoms with Gasteiger partial charge >= 0.3 is 0 Å². The summed E-state index contributed by atoms with van der Waals surface area (Å²) in [6, 6.07) is 7.90. The Morgan fingerprint density at radius 1 is 1.50 bits per heavy atom. The van der Waals surface area contributed by atoms with Gasteiger partial charge in [-0.2, -0.15) is 0 Å². The summed E-state index contributed by atoms with van der Waals surface area (Å²) in [7, 11) is 1.83. The maximum absolute atomic E-state index is 11.8. The van der Waals surface area contributed by atoms with E-state index in [0.717, 1.165) is 18.4 Å². The third kappa shape index (κ3) is 3.01. The number of nitrogens with two attached hydrogens (primary N) is 1.